The number of nitrogens with zero attached hydrogens (tertiary/aromatic N) is 1. The first-order valence-corrected chi connectivity index (χ1v) is 8.47. The number of ether oxygens (including phenoxy) is 1. The number of hydrogen-bond donors (Lipinski definition) is 1. The Morgan fingerprint density at radius 2 is 2.04 bits per heavy atom. The van der Waals surface area contributed by atoms with Crippen molar-refractivity contribution < 1.29 is 14.3 Å². The van der Waals surface area contributed by atoms with Crippen molar-refractivity contribution >= 4 is 29.5 Å². The van der Waals surface area contributed by atoms with Gasteiger partial charge in [0.2, 0.25) is 5.91 Å². The van der Waals surface area contributed by atoms with Crippen molar-refractivity contribution in [1.82, 2.24) is 5.43 Å². The molecule has 0 radical (unpaired) electrons. The lowest BCUT2D eigenvalue weighted by Crippen LogP contribution is -2.37. The highest BCUT2D eigenvalue weighted by molar-refractivity contribution is 6.30. The standard InChI is InChI=1S/C18H19ClN2O3/c19-14-7-5-12(6-8-14)9-17(22)21-20-10-13-11-24-16-4-2-1-3-15(16)18(13)23/h5-8,10-11,15-16H,1-4,9H2,(H,21,22)/b20-10+. The Labute approximate surface area is 145 Å². The smallest absolute Gasteiger partial charge is 0.244 e. The summed E-state index contributed by atoms with van der Waals surface area (Å²) < 4.78 is 5.63. The third-order valence-electron chi connectivity index (χ3n) is 4.36. The van der Waals surface area contributed by atoms with Crippen molar-refractivity contribution in [2.75, 3.05) is 0 Å². The van der Waals surface area contributed by atoms with Crippen LogP contribution in [0.25, 0.3) is 0 Å². The van der Waals surface area contributed by atoms with Gasteiger partial charge in [0.05, 0.1) is 30.4 Å². The van der Waals surface area contributed by atoms with E-state index in [0.29, 0.717) is 10.6 Å². The minimum atomic E-state index is -0.256. The Balaban J connectivity index is 1.54. The van der Waals surface area contributed by atoms with E-state index in [9.17, 15) is 9.59 Å². The minimum Gasteiger partial charge on any atom is -0.496 e. The first kappa shape index (κ1) is 16.7. The van der Waals surface area contributed by atoms with E-state index in [1.54, 1.807) is 24.3 Å². The number of nitrogens with one attached hydrogen (secondary N) is 1. The van der Waals surface area contributed by atoms with Crippen LogP contribution >= 0.6 is 11.6 Å². The summed E-state index contributed by atoms with van der Waals surface area (Å²) in [6, 6.07) is 7.04. The number of fused-ring (bicyclic) bond motifs is 1. The molecular formula is C18H19ClN2O3. The number of hydrogen-bond acceptors (Lipinski definition) is 4. The predicted molar refractivity (Wildman–Crippen MR) is 91.7 cm³/mol. The Hall–Kier alpha value is -2.14. The maximum atomic E-state index is 12.4. The lowest BCUT2D eigenvalue weighted by atomic mass is 9.80. The Morgan fingerprint density at radius 3 is 2.83 bits per heavy atom. The summed E-state index contributed by atoms with van der Waals surface area (Å²) in [5.74, 6) is -0.273. The number of amides is 1. The highest BCUT2D eigenvalue weighted by Gasteiger charge is 2.36. The molecule has 0 bridgehead atoms. The highest BCUT2D eigenvalue weighted by atomic mass is 35.5. The van der Waals surface area contributed by atoms with Crippen LogP contribution in [0.5, 0.6) is 0 Å². The molecule has 0 saturated heterocycles. The van der Waals surface area contributed by atoms with Crippen LogP contribution in [0.1, 0.15) is 31.2 Å². The molecule has 1 aromatic carbocycles. The first-order valence-electron chi connectivity index (χ1n) is 8.09. The summed E-state index contributed by atoms with van der Waals surface area (Å²) in [5.41, 5.74) is 3.68. The molecule has 1 N–H and O–H groups in total. The van der Waals surface area contributed by atoms with E-state index in [1.165, 1.54) is 12.5 Å². The fraction of sp³-hybridized carbons (Fsp3) is 0.389. The number of Topliss-reactive ketones (excluding diaryl/α,β-unsaturated/α-hetero) is 1. The minimum absolute atomic E-state index is 0.00268. The number of carbonyl (C=O) groups excluding carboxylic acids is 2. The average Bonchev–Trinajstić information content (AvgIpc) is 2.59. The molecule has 1 aliphatic carbocycles. The van der Waals surface area contributed by atoms with Crippen molar-refractivity contribution in [3.63, 3.8) is 0 Å². The van der Waals surface area contributed by atoms with Gasteiger partial charge in [0.25, 0.3) is 0 Å². The van der Waals surface area contributed by atoms with Gasteiger partial charge in [-0.15, -0.1) is 0 Å². The van der Waals surface area contributed by atoms with Gasteiger partial charge in [-0.3, -0.25) is 9.59 Å². The maximum absolute atomic E-state index is 12.4. The molecule has 1 aliphatic heterocycles. The molecule has 24 heavy (non-hydrogen) atoms. The van der Waals surface area contributed by atoms with Crippen LogP contribution in [0.15, 0.2) is 41.2 Å². The van der Waals surface area contributed by atoms with Gasteiger partial charge < -0.3 is 4.74 Å². The molecule has 2 atom stereocenters. The van der Waals surface area contributed by atoms with Crippen molar-refractivity contribution in [3.8, 4) is 0 Å². The molecule has 1 heterocycles. The molecule has 0 spiro atoms. The fourth-order valence-electron chi connectivity index (χ4n) is 3.09. The number of ketones is 1. The molecule has 1 amide bonds. The van der Waals surface area contributed by atoms with Crippen molar-refractivity contribution in [3.05, 3.63) is 46.7 Å². The lowest BCUT2D eigenvalue weighted by Gasteiger charge is -2.33. The molecule has 3 rings (SSSR count). The van der Waals surface area contributed by atoms with Gasteiger partial charge in [-0.05, 0) is 37.0 Å². The molecule has 1 aromatic rings. The van der Waals surface area contributed by atoms with E-state index in [-0.39, 0.29) is 30.1 Å². The van der Waals surface area contributed by atoms with Crippen molar-refractivity contribution in [1.29, 1.82) is 0 Å². The number of hydrazone groups is 1. The largest absolute Gasteiger partial charge is 0.496 e. The molecule has 6 heteroatoms. The van der Waals surface area contributed by atoms with Gasteiger partial charge >= 0.3 is 0 Å². The van der Waals surface area contributed by atoms with Crippen LogP contribution in [-0.4, -0.2) is 24.0 Å². The third-order valence-corrected chi connectivity index (χ3v) is 4.62. The zero-order chi connectivity index (χ0) is 16.9. The Morgan fingerprint density at radius 1 is 1.29 bits per heavy atom. The van der Waals surface area contributed by atoms with Crippen LogP contribution in [0.4, 0.5) is 0 Å². The highest BCUT2D eigenvalue weighted by Crippen LogP contribution is 2.32. The number of rotatable bonds is 4. The van der Waals surface area contributed by atoms with E-state index in [2.05, 4.69) is 10.5 Å². The van der Waals surface area contributed by atoms with Crippen LogP contribution in [-0.2, 0) is 20.7 Å². The average molecular weight is 347 g/mol. The molecule has 5 nitrogen and oxygen atoms in total. The van der Waals surface area contributed by atoms with Gasteiger partial charge in [-0.25, -0.2) is 5.43 Å². The van der Waals surface area contributed by atoms with Gasteiger partial charge in [-0.1, -0.05) is 30.2 Å². The SMILES string of the molecule is O=C(Cc1ccc(Cl)cc1)N/N=C/C1=COC2CCCCC2C1=O. The van der Waals surface area contributed by atoms with E-state index >= 15 is 0 Å². The quantitative estimate of drug-likeness (QED) is 0.673. The lowest BCUT2D eigenvalue weighted by molar-refractivity contribution is -0.126. The molecule has 126 valence electrons. The summed E-state index contributed by atoms with van der Waals surface area (Å²) in [7, 11) is 0. The molecule has 2 unspecified atom stereocenters. The molecule has 1 saturated carbocycles. The normalized spacial score (nSPS) is 23.4. The molecule has 1 fully saturated rings. The fourth-order valence-corrected chi connectivity index (χ4v) is 3.21. The third kappa shape index (κ3) is 4.03. The summed E-state index contributed by atoms with van der Waals surface area (Å²) in [4.78, 5) is 24.2. The van der Waals surface area contributed by atoms with Gasteiger partial charge in [-0.2, -0.15) is 5.10 Å². The van der Waals surface area contributed by atoms with Crippen LogP contribution in [0.2, 0.25) is 5.02 Å². The number of benzene rings is 1. The number of carbonyl (C=O) groups is 2. The second kappa shape index (κ2) is 7.62. The zero-order valence-corrected chi connectivity index (χ0v) is 14.0. The van der Waals surface area contributed by atoms with Crippen molar-refractivity contribution in [2.45, 2.75) is 38.2 Å². The zero-order valence-electron chi connectivity index (χ0n) is 13.2. The number of allylic oxidation sites excluding steroid dienone is 1. The second-order valence-corrected chi connectivity index (χ2v) is 6.54. The maximum Gasteiger partial charge on any atom is 0.244 e. The summed E-state index contributed by atoms with van der Waals surface area (Å²) in [6.07, 6.45) is 6.97. The Kier molecular flexibility index (Phi) is 5.30. The number of halogens is 1. The van der Waals surface area contributed by atoms with E-state index in [1.807, 2.05) is 0 Å². The second-order valence-electron chi connectivity index (χ2n) is 6.10. The van der Waals surface area contributed by atoms with Crippen molar-refractivity contribution in [2.24, 2.45) is 11.0 Å². The summed E-state index contributed by atoms with van der Waals surface area (Å²) in [5, 5.41) is 4.50. The predicted octanol–water partition coefficient (Wildman–Crippen LogP) is 3.03. The summed E-state index contributed by atoms with van der Waals surface area (Å²) in [6.45, 7) is 0. The van der Waals surface area contributed by atoms with E-state index in [4.69, 9.17) is 16.3 Å². The van der Waals surface area contributed by atoms with E-state index < -0.39 is 0 Å². The Bertz CT molecular complexity index is 682. The van der Waals surface area contributed by atoms with Gasteiger partial charge in [0.1, 0.15) is 6.10 Å². The van der Waals surface area contributed by atoms with Crippen LogP contribution in [0, 0.1) is 5.92 Å². The molecule has 0 aromatic heterocycles. The van der Waals surface area contributed by atoms with Gasteiger partial charge in [0.15, 0.2) is 5.78 Å². The van der Waals surface area contributed by atoms with Crippen LogP contribution in [0.3, 0.4) is 0 Å². The van der Waals surface area contributed by atoms with E-state index in [0.717, 1.165) is 31.2 Å². The monoisotopic (exact) mass is 346 g/mol. The molecule has 2 aliphatic rings. The van der Waals surface area contributed by atoms with Gasteiger partial charge in [0, 0.05) is 5.02 Å². The summed E-state index contributed by atoms with van der Waals surface area (Å²) >= 11 is 5.81. The molecular weight excluding hydrogens is 328 g/mol. The first-order chi connectivity index (χ1) is 11.6. The van der Waals surface area contributed by atoms with Crippen LogP contribution < -0.4 is 5.43 Å². The topological polar surface area (TPSA) is 67.8 Å².